The Morgan fingerprint density at radius 3 is 2.38 bits per heavy atom. The number of anilines is 3. The van der Waals surface area contributed by atoms with Crippen molar-refractivity contribution in [2.24, 2.45) is 0 Å². The highest BCUT2D eigenvalue weighted by molar-refractivity contribution is 5.45. The van der Waals surface area contributed by atoms with E-state index >= 15 is 0 Å². The number of nitrogens with one attached hydrogen (secondary N) is 1. The van der Waals surface area contributed by atoms with Gasteiger partial charge in [0.05, 0.1) is 0 Å². The molecule has 2 rings (SSSR count). The largest absolute Gasteiger partial charge is 0.406 e. The third-order valence-corrected chi connectivity index (χ3v) is 3.26. The number of hydrogen-bond acceptors (Lipinski definition) is 6. The Bertz CT molecular complexity index is 473. The van der Waals surface area contributed by atoms with E-state index in [0.717, 1.165) is 30.8 Å². The van der Waals surface area contributed by atoms with Crippen molar-refractivity contribution in [3.05, 3.63) is 0 Å². The van der Waals surface area contributed by atoms with E-state index in [1.165, 1.54) is 0 Å². The van der Waals surface area contributed by atoms with Gasteiger partial charge in [-0.3, -0.25) is 0 Å². The second-order valence-corrected chi connectivity index (χ2v) is 4.83. The number of alkyl halides is 3. The van der Waals surface area contributed by atoms with Gasteiger partial charge in [-0.15, -0.1) is 0 Å². The van der Waals surface area contributed by atoms with E-state index in [2.05, 4.69) is 20.3 Å². The molecule has 6 nitrogen and oxygen atoms in total. The zero-order chi connectivity index (χ0) is 15.5. The van der Waals surface area contributed by atoms with Crippen LogP contribution in [0.3, 0.4) is 0 Å². The average Bonchev–Trinajstić information content (AvgIpc) is 2.97. The van der Waals surface area contributed by atoms with E-state index in [0.29, 0.717) is 5.95 Å². The van der Waals surface area contributed by atoms with Crippen molar-refractivity contribution >= 4 is 17.8 Å². The van der Waals surface area contributed by atoms with Crippen LogP contribution in [0.2, 0.25) is 0 Å². The number of halogens is 3. The van der Waals surface area contributed by atoms with Crippen molar-refractivity contribution in [1.29, 1.82) is 0 Å². The molecule has 0 amide bonds. The van der Waals surface area contributed by atoms with Crippen LogP contribution in [0.25, 0.3) is 0 Å². The fourth-order valence-corrected chi connectivity index (χ4v) is 2.21. The Morgan fingerprint density at radius 1 is 1.19 bits per heavy atom. The Morgan fingerprint density at radius 2 is 1.86 bits per heavy atom. The summed E-state index contributed by atoms with van der Waals surface area (Å²) in [5.41, 5.74) is 0. The van der Waals surface area contributed by atoms with E-state index in [-0.39, 0.29) is 18.4 Å². The van der Waals surface area contributed by atoms with Gasteiger partial charge in [-0.25, -0.2) is 0 Å². The van der Waals surface area contributed by atoms with Crippen LogP contribution in [0, 0.1) is 0 Å². The lowest BCUT2D eigenvalue weighted by molar-refractivity contribution is -0.119. The van der Waals surface area contributed by atoms with Gasteiger partial charge in [-0.1, -0.05) is 0 Å². The molecule has 1 fully saturated rings. The molecule has 1 N–H and O–H groups in total. The smallest absolute Gasteiger partial charge is 0.357 e. The summed E-state index contributed by atoms with van der Waals surface area (Å²) in [6, 6.07) is 0. The third-order valence-electron chi connectivity index (χ3n) is 3.26. The third kappa shape index (κ3) is 4.08. The van der Waals surface area contributed by atoms with Crippen LogP contribution in [0.1, 0.15) is 19.8 Å². The maximum atomic E-state index is 12.6. The highest BCUT2D eigenvalue weighted by Gasteiger charge is 2.32. The highest BCUT2D eigenvalue weighted by atomic mass is 19.4. The quantitative estimate of drug-likeness (QED) is 0.896. The van der Waals surface area contributed by atoms with Gasteiger partial charge in [-0.2, -0.15) is 28.1 Å². The van der Waals surface area contributed by atoms with Crippen molar-refractivity contribution in [3.63, 3.8) is 0 Å². The molecule has 0 radical (unpaired) electrons. The Balaban J connectivity index is 2.30. The predicted octanol–water partition coefficient (Wildman–Crippen LogP) is 1.90. The molecular weight excluding hydrogens is 285 g/mol. The summed E-state index contributed by atoms with van der Waals surface area (Å²) in [6.45, 7) is 2.38. The number of nitrogens with zero attached hydrogens (tertiary/aromatic N) is 5. The molecule has 0 aromatic carbocycles. The Labute approximate surface area is 121 Å². The summed E-state index contributed by atoms with van der Waals surface area (Å²) >= 11 is 0. The van der Waals surface area contributed by atoms with Gasteiger partial charge in [0.1, 0.15) is 6.54 Å². The molecule has 1 aromatic heterocycles. The van der Waals surface area contributed by atoms with Crippen LogP contribution in [0.5, 0.6) is 0 Å². The summed E-state index contributed by atoms with van der Waals surface area (Å²) in [4.78, 5) is 15.5. The lowest BCUT2D eigenvalue weighted by Gasteiger charge is -2.24. The van der Waals surface area contributed by atoms with E-state index in [1.807, 2.05) is 4.90 Å². The Hall–Kier alpha value is -1.80. The Kier molecular flexibility index (Phi) is 4.69. The van der Waals surface area contributed by atoms with Gasteiger partial charge < -0.3 is 15.1 Å². The fraction of sp³-hybridized carbons (Fsp3) is 0.750. The van der Waals surface area contributed by atoms with Crippen molar-refractivity contribution in [2.45, 2.75) is 25.9 Å². The number of aromatic nitrogens is 3. The number of hydrogen-bond donors (Lipinski definition) is 1. The molecule has 0 bridgehead atoms. The van der Waals surface area contributed by atoms with Crippen LogP contribution in [-0.2, 0) is 0 Å². The van der Waals surface area contributed by atoms with Gasteiger partial charge in [-0.05, 0) is 19.8 Å². The standard InChI is InChI=1S/C12H19F3N6/c1-3-20(8-12(13,14)15)10-17-9(16-2)18-11(19-10)21-6-4-5-7-21/h3-8H2,1-2H3,(H,16,17,18,19). The molecule has 118 valence electrons. The molecule has 1 aliphatic heterocycles. The van der Waals surface area contributed by atoms with E-state index < -0.39 is 12.7 Å². The summed E-state index contributed by atoms with van der Waals surface area (Å²) in [6.07, 6.45) is -2.22. The number of rotatable bonds is 5. The lowest BCUT2D eigenvalue weighted by Crippen LogP contribution is -2.36. The van der Waals surface area contributed by atoms with Gasteiger partial charge in [0, 0.05) is 26.7 Å². The van der Waals surface area contributed by atoms with E-state index in [4.69, 9.17) is 0 Å². The molecule has 0 unspecified atom stereocenters. The minimum Gasteiger partial charge on any atom is -0.357 e. The maximum Gasteiger partial charge on any atom is 0.406 e. The summed E-state index contributed by atoms with van der Waals surface area (Å²) in [7, 11) is 1.63. The zero-order valence-corrected chi connectivity index (χ0v) is 12.1. The van der Waals surface area contributed by atoms with Crippen LogP contribution in [0.4, 0.5) is 31.0 Å². The van der Waals surface area contributed by atoms with Crippen LogP contribution < -0.4 is 15.1 Å². The first-order chi connectivity index (χ1) is 9.93. The predicted molar refractivity (Wildman–Crippen MR) is 74.8 cm³/mol. The second-order valence-electron chi connectivity index (χ2n) is 4.83. The summed E-state index contributed by atoms with van der Waals surface area (Å²) < 4.78 is 37.9. The van der Waals surface area contributed by atoms with Crippen molar-refractivity contribution < 1.29 is 13.2 Å². The van der Waals surface area contributed by atoms with Crippen LogP contribution in [0.15, 0.2) is 0 Å². The van der Waals surface area contributed by atoms with Crippen molar-refractivity contribution in [2.75, 3.05) is 48.3 Å². The minimum absolute atomic E-state index is 0.0519. The van der Waals surface area contributed by atoms with Gasteiger partial charge in [0.15, 0.2) is 0 Å². The van der Waals surface area contributed by atoms with Crippen LogP contribution in [-0.4, -0.2) is 54.4 Å². The second kappa shape index (κ2) is 6.31. The van der Waals surface area contributed by atoms with E-state index in [9.17, 15) is 13.2 Å². The van der Waals surface area contributed by atoms with Gasteiger partial charge in [0.25, 0.3) is 0 Å². The molecule has 21 heavy (non-hydrogen) atoms. The molecular formula is C12H19F3N6. The van der Waals surface area contributed by atoms with Crippen molar-refractivity contribution in [1.82, 2.24) is 15.0 Å². The fourth-order valence-electron chi connectivity index (χ4n) is 2.21. The van der Waals surface area contributed by atoms with Gasteiger partial charge >= 0.3 is 6.18 Å². The molecule has 9 heteroatoms. The molecule has 0 aliphatic carbocycles. The topological polar surface area (TPSA) is 57.2 Å². The molecule has 1 aromatic rings. The molecule has 0 saturated carbocycles. The SMILES string of the molecule is CCN(CC(F)(F)F)c1nc(NC)nc(N2CCCC2)n1. The molecule has 2 heterocycles. The molecule has 0 atom stereocenters. The van der Waals surface area contributed by atoms with Crippen molar-refractivity contribution in [3.8, 4) is 0 Å². The highest BCUT2D eigenvalue weighted by Crippen LogP contribution is 2.23. The summed E-state index contributed by atoms with van der Waals surface area (Å²) in [5, 5.41) is 2.78. The zero-order valence-electron chi connectivity index (χ0n) is 12.1. The monoisotopic (exact) mass is 304 g/mol. The summed E-state index contributed by atoms with van der Waals surface area (Å²) in [5.74, 6) is 0.765. The van der Waals surface area contributed by atoms with Crippen LogP contribution >= 0.6 is 0 Å². The van der Waals surface area contributed by atoms with Gasteiger partial charge in [0.2, 0.25) is 17.8 Å². The average molecular weight is 304 g/mol. The normalized spacial score (nSPS) is 15.4. The molecule has 1 aliphatic rings. The van der Waals surface area contributed by atoms with E-state index in [1.54, 1.807) is 14.0 Å². The first-order valence-electron chi connectivity index (χ1n) is 6.93. The first-order valence-corrected chi connectivity index (χ1v) is 6.93. The maximum absolute atomic E-state index is 12.6. The first kappa shape index (κ1) is 15.6. The molecule has 0 spiro atoms. The minimum atomic E-state index is -4.30. The lowest BCUT2D eigenvalue weighted by atomic mass is 10.4. The molecule has 1 saturated heterocycles.